The molecule has 0 unspecified atom stereocenters. The van der Waals surface area contributed by atoms with Crippen molar-refractivity contribution in [2.45, 2.75) is 13.3 Å². The number of hydrogen-bond donors (Lipinski definition) is 1. The Morgan fingerprint density at radius 2 is 2.16 bits per heavy atom. The van der Waals surface area contributed by atoms with Crippen molar-refractivity contribution >= 4 is 0 Å². The summed E-state index contributed by atoms with van der Waals surface area (Å²) in [6.45, 7) is 2.70. The highest BCUT2D eigenvalue weighted by molar-refractivity contribution is 5.61. The van der Waals surface area contributed by atoms with Crippen LogP contribution in [0.3, 0.4) is 0 Å². The molecule has 1 heterocycles. The molecule has 0 aliphatic heterocycles. The molecule has 4 heteroatoms. The van der Waals surface area contributed by atoms with E-state index in [0.29, 0.717) is 12.3 Å². The van der Waals surface area contributed by atoms with Gasteiger partial charge in [0.15, 0.2) is 0 Å². The zero-order chi connectivity index (χ0) is 13.7. The second-order valence-corrected chi connectivity index (χ2v) is 4.10. The van der Waals surface area contributed by atoms with Crippen molar-refractivity contribution in [3.63, 3.8) is 0 Å². The van der Waals surface area contributed by atoms with Crippen molar-refractivity contribution in [2.75, 3.05) is 6.61 Å². The Labute approximate surface area is 111 Å². The molecule has 1 N–H and O–H groups in total. The third kappa shape index (κ3) is 3.02. The van der Waals surface area contributed by atoms with Crippen LogP contribution in [0.2, 0.25) is 0 Å². The number of nitrogens with zero attached hydrogens (tertiary/aromatic N) is 1. The Morgan fingerprint density at radius 1 is 1.32 bits per heavy atom. The third-order valence-corrected chi connectivity index (χ3v) is 2.65. The van der Waals surface area contributed by atoms with Gasteiger partial charge in [-0.1, -0.05) is 19.1 Å². The number of pyridine rings is 1. The molecule has 0 spiro atoms. The van der Waals surface area contributed by atoms with Gasteiger partial charge in [0.2, 0.25) is 0 Å². The maximum Gasteiger partial charge on any atom is 0.266 e. The molecule has 4 nitrogen and oxygen atoms in total. The maximum atomic E-state index is 11.6. The monoisotopic (exact) mass is 254 g/mol. The lowest BCUT2D eigenvalue weighted by atomic mass is 10.1. The van der Waals surface area contributed by atoms with E-state index >= 15 is 0 Å². The average molecular weight is 254 g/mol. The third-order valence-electron chi connectivity index (χ3n) is 2.65. The fourth-order valence-corrected chi connectivity index (χ4v) is 1.70. The molecule has 2 rings (SSSR count). The van der Waals surface area contributed by atoms with Crippen LogP contribution in [0.4, 0.5) is 0 Å². The van der Waals surface area contributed by atoms with E-state index in [-0.39, 0.29) is 11.1 Å². The largest absolute Gasteiger partial charge is 0.494 e. The van der Waals surface area contributed by atoms with Crippen molar-refractivity contribution in [2.24, 2.45) is 0 Å². The molecule has 0 radical (unpaired) electrons. The standard InChI is InChI=1S/C15H14N2O2/c1-2-8-19-13-5-3-4-11(9-13)14-7-6-12(10-16)15(18)17-14/h3-7,9H,2,8H2,1H3,(H,17,18). The van der Waals surface area contributed by atoms with Crippen LogP contribution in [0, 0.1) is 11.3 Å². The van der Waals surface area contributed by atoms with Gasteiger partial charge in [0.05, 0.1) is 6.61 Å². The van der Waals surface area contributed by atoms with Crippen LogP contribution in [0.5, 0.6) is 5.75 Å². The molecule has 0 bridgehead atoms. The minimum absolute atomic E-state index is 0.113. The summed E-state index contributed by atoms with van der Waals surface area (Å²) in [5.74, 6) is 0.768. The number of ether oxygens (including phenoxy) is 1. The number of aromatic nitrogens is 1. The van der Waals surface area contributed by atoms with Gasteiger partial charge in [-0.2, -0.15) is 5.26 Å². The Kier molecular flexibility index (Phi) is 3.99. The first kappa shape index (κ1) is 12.9. The van der Waals surface area contributed by atoms with Crippen LogP contribution in [-0.2, 0) is 0 Å². The topological polar surface area (TPSA) is 65.9 Å². The summed E-state index contributed by atoms with van der Waals surface area (Å²) in [5.41, 5.74) is 1.27. The van der Waals surface area contributed by atoms with E-state index in [9.17, 15) is 4.79 Å². The second-order valence-electron chi connectivity index (χ2n) is 4.10. The zero-order valence-electron chi connectivity index (χ0n) is 10.6. The molecule has 0 aliphatic carbocycles. The molecule has 1 aromatic carbocycles. The van der Waals surface area contributed by atoms with E-state index in [4.69, 9.17) is 10.00 Å². The summed E-state index contributed by atoms with van der Waals surface area (Å²) in [6.07, 6.45) is 0.942. The molecule has 2 aromatic rings. The molecule has 0 fully saturated rings. The number of hydrogen-bond acceptors (Lipinski definition) is 3. The van der Waals surface area contributed by atoms with Gasteiger partial charge in [0, 0.05) is 11.3 Å². The Bertz CT molecular complexity index is 668. The van der Waals surface area contributed by atoms with Crippen molar-refractivity contribution < 1.29 is 4.74 Å². The molecule has 1 aromatic heterocycles. The van der Waals surface area contributed by atoms with Gasteiger partial charge in [0.25, 0.3) is 5.56 Å². The van der Waals surface area contributed by atoms with Crippen molar-refractivity contribution in [1.82, 2.24) is 4.98 Å². The average Bonchev–Trinajstić information content (AvgIpc) is 2.45. The van der Waals surface area contributed by atoms with Gasteiger partial charge in [-0.3, -0.25) is 4.79 Å². The number of nitriles is 1. The summed E-state index contributed by atoms with van der Waals surface area (Å²) in [5, 5.41) is 8.73. The van der Waals surface area contributed by atoms with E-state index in [1.54, 1.807) is 6.07 Å². The summed E-state index contributed by atoms with van der Waals surface area (Å²) in [6, 6.07) is 12.6. The smallest absolute Gasteiger partial charge is 0.266 e. The van der Waals surface area contributed by atoms with Crippen LogP contribution in [0.15, 0.2) is 41.2 Å². The first-order valence-corrected chi connectivity index (χ1v) is 6.11. The van der Waals surface area contributed by atoms with Gasteiger partial charge >= 0.3 is 0 Å². The van der Waals surface area contributed by atoms with Crippen LogP contribution in [0.1, 0.15) is 18.9 Å². The van der Waals surface area contributed by atoms with Gasteiger partial charge in [-0.15, -0.1) is 0 Å². The van der Waals surface area contributed by atoms with E-state index in [2.05, 4.69) is 4.98 Å². The number of H-pyrrole nitrogens is 1. The maximum absolute atomic E-state index is 11.6. The quantitative estimate of drug-likeness (QED) is 0.912. The van der Waals surface area contributed by atoms with Gasteiger partial charge in [-0.05, 0) is 30.7 Å². The molecule has 19 heavy (non-hydrogen) atoms. The van der Waals surface area contributed by atoms with E-state index < -0.39 is 0 Å². The van der Waals surface area contributed by atoms with Gasteiger partial charge < -0.3 is 9.72 Å². The minimum Gasteiger partial charge on any atom is -0.494 e. The molecular weight excluding hydrogens is 240 g/mol. The first-order valence-electron chi connectivity index (χ1n) is 6.11. The number of benzene rings is 1. The van der Waals surface area contributed by atoms with Crippen LogP contribution in [-0.4, -0.2) is 11.6 Å². The molecule has 0 saturated carbocycles. The summed E-state index contributed by atoms with van der Waals surface area (Å²) in [7, 11) is 0. The van der Waals surface area contributed by atoms with Gasteiger partial charge in [0.1, 0.15) is 17.4 Å². The molecule has 0 atom stereocenters. The van der Waals surface area contributed by atoms with E-state index in [1.165, 1.54) is 6.07 Å². The van der Waals surface area contributed by atoms with Crippen molar-refractivity contribution in [3.05, 3.63) is 52.3 Å². The van der Waals surface area contributed by atoms with Crippen LogP contribution in [0.25, 0.3) is 11.3 Å². The lowest BCUT2D eigenvalue weighted by Gasteiger charge is -2.07. The SMILES string of the molecule is CCCOc1cccc(-c2ccc(C#N)c(=O)[nH]2)c1. The number of aromatic amines is 1. The summed E-state index contributed by atoms with van der Waals surface area (Å²) >= 11 is 0. The Hall–Kier alpha value is -2.54. The minimum atomic E-state index is -0.375. The fraction of sp³-hybridized carbons (Fsp3) is 0.200. The lowest BCUT2D eigenvalue weighted by molar-refractivity contribution is 0.317. The highest BCUT2D eigenvalue weighted by Crippen LogP contribution is 2.21. The van der Waals surface area contributed by atoms with Crippen molar-refractivity contribution in [3.8, 4) is 23.1 Å². The predicted molar refractivity (Wildman–Crippen MR) is 73.0 cm³/mol. The zero-order valence-corrected chi connectivity index (χ0v) is 10.6. The first-order chi connectivity index (χ1) is 9.24. The van der Waals surface area contributed by atoms with E-state index in [0.717, 1.165) is 17.7 Å². The van der Waals surface area contributed by atoms with Crippen LogP contribution >= 0.6 is 0 Å². The van der Waals surface area contributed by atoms with Crippen LogP contribution < -0.4 is 10.3 Å². The van der Waals surface area contributed by atoms with E-state index in [1.807, 2.05) is 37.3 Å². The highest BCUT2D eigenvalue weighted by atomic mass is 16.5. The summed E-state index contributed by atoms with van der Waals surface area (Å²) < 4.78 is 5.55. The molecule has 0 aliphatic rings. The normalized spacial score (nSPS) is 9.89. The number of rotatable bonds is 4. The fourth-order valence-electron chi connectivity index (χ4n) is 1.70. The molecule has 96 valence electrons. The van der Waals surface area contributed by atoms with Gasteiger partial charge in [-0.25, -0.2) is 0 Å². The number of nitrogens with one attached hydrogen (secondary N) is 1. The molecule has 0 amide bonds. The van der Waals surface area contributed by atoms with Crippen molar-refractivity contribution in [1.29, 1.82) is 5.26 Å². The summed E-state index contributed by atoms with van der Waals surface area (Å²) in [4.78, 5) is 14.3. The Balaban J connectivity index is 2.34. The molecular formula is C15H14N2O2. The lowest BCUT2D eigenvalue weighted by Crippen LogP contribution is -2.10. The highest BCUT2D eigenvalue weighted by Gasteiger charge is 2.03. The second kappa shape index (κ2) is 5.87. The predicted octanol–water partition coefficient (Wildman–Crippen LogP) is 2.70. The Morgan fingerprint density at radius 3 is 2.84 bits per heavy atom. The molecule has 0 saturated heterocycles.